The van der Waals surface area contributed by atoms with Gasteiger partial charge in [0.1, 0.15) is 17.2 Å². The predicted octanol–water partition coefficient (Wildman–Crippen LogP) is 8.51. The van der Waals surface area contributed by atoms with Gasteiger partial charge in [0.2, 0.25) is 0 Å². The summed E-state index contributed by atoms with van der Waals surface area (Å²) in [6, 6.07) is 31.6. The molecule has 0 fully saturated rings. The van der Waals surface area contributed by atoms with Gasteiger partial charge in [-0.2, -0.15) is 9.78 Å². The third kappa shape index (κ3) is 5.45. The van der Waals surface area contributed by atoms with E-state index in [2.05, 4.69) is 26.3 Å². The second kappa shape index (κ2) is 10.2. The molecule has 1 aromatic heterocycles. The lowest BCUT2D eigenvalue weighted by atomic mass is 10.0. The number of halogens is 2. The van der Waals surface area contributed by atoms with Crippen molar-refractivity contribution >= 4 is 39.2 Å². The fourth-order valence-electron chi connectivity index (χ4n) is 3.55. The van der Waals surface area contributed by atoms with Gasteiger partial charge in [0, 0.05) is 32.5 Å². The summed E-state index contributed by atoms with van der Waals surface area (Å²) >= 11 is 9.47. The van der Waals surface area contributed by atoms with Crippen LogP contribution in [0.2, 0.25) is 5.02 Å². The van der Waals surface area contributed by atoms with E-state index in [0.717, 1.165) is 26.9 Å². The zero-order chi connectivity index (χ0) is 24.2. The van der Waals surface area contributed by atoms with E-state index in [1.807, 2.05) is 78.9 Å². The van der Waals surface area contributed by atoms with E-state index in [4.69, 9.17) is 16.3 Å². The molecule has 0 aliphatic carbocycles. The predicted molar refractivity (Wildman–Crippen MR) is 143 cm³/mol. The summed E-state index contributed by atoms with van der Waals surface area (Å²) in [5.41, 5.74) is 4.01. The van der Waals surface area contributed by atoms with Gasteiger partial charge in [-0.15, -0.1) is 0 Å². The molecular weight excluding hydrogens is 526 g/mol. The van der Waals surface area contributed by atoms with Crippen LogP contribution in [0.5, 0.6) is 11.5 Å². The second-order valence-corrected chi connectivity index (χ2v) is 9.07. The number of hydrogen-bond donors (Lipinski definition) is 1. The van der Waals surface area contributed by atoms with E-state index in [1.165, 1.54) is 4.68 Å². The van der Waals surface area contributed by atoms with Crippen molar-refractivity contribution in [3.8, 4) is 33.9 Å². The molecular formula is C28H19BrClN3O2. The Bertz CT molecular complexity index is 1450. The first-order chi connectivity index (χ1) is 17.0. The largest absolute Gasteiger partial charge is 0.457 e. The Morgan fingerprint density at radius 2 is 1.43 bits per heavy atom. The molecule has 1 N–H and O–H groups in total. The Labute approximate surface area is 216 Å². The van der Waals surface area contributed by atoms with Gasteiger partial charge in [0.15, 0.2) is 0 Å². The standard InChI is InChI=1S/C28H19BrClN3O2/c29-21-8-14-24(15-9-21)35-25-16-12-23(13-17-25)31-28(34)33-18-26(19-4-2-1-3-5-19)27(32-33)20-6-10-22(30)11-7-20/h1-18H,(H,31,34). The Balaban J connectivity index is 1.37. The number of benzene rings is 4. The lowest BCUT2D eigenvalue weighted by Gasteiger charge is -2.08. The molecule has 0 aliphatic heterocycles. The van der Waals surface area contributed by atoms with E-state index < -0.39 is 0 Å². The van der Waals surface area contributed by atoms with E-state index in [9.17, 15) is 4.79 Å². The van der Waals surface area contributed by atoms with Crippen LogP contribution in [0.15, 0.2) is 114 Å². The van der Waals surface area contributed by atoms with E-state index in [1.54, 1.807) is 30.5 Å². The first-order valence-corrected chi connectivity index (χ1v) is 12.0. The molecule has 5 nitrogen and oxygen atoms in total. The van der Waals surface area contributed by atoms with Crippen molar-refractivity contribution in [2.45, 2.75) is 0 Å². The highest BCUT2D eigenvalue weighted by molar-refractivity contribution is 9.10. The number of aromatic nitrogens is 2. The van der Waals surface area contributed by atoms with Crippen LogP contribution in [0, 0.1) is 0 Å². The Morgan fingerprint density at radius 1 is 0.800 bits per heavy atom. The van der Waals surface area contributed by atoms with E-state index >= 15 is 0 Å². The molecule has 0 unspecified atom stereocenters. The quantitative estimate of drug-likeness (QED) is 0.241. The summed E-state index contributed by atoms with van der Waals surface area (Å²) in [6.45, 7) is 0. The minimum atomic E-state index is -0.371. The van der Waals surface area contributed by atoms with Crippen LogP contribution < -0.4 is 10.1 Å². The van der Waals surface area contributed by atoms with Gasteiger partial charge in [-0.25, -0.2) is 4.79 Å². The van der Waals surface area contributed by atoms with Crippen LogP contribution in [0.4, 0.5) is 10.5 Å². The van der Waals surface area contributed by atoms with E-state index in [-0.39, 0.29) is 6.03 Å². The smallest absolute Gasteiger partial charge is 0.346 e. The molecule has 0 saturated heterocycles. The lowest BCUT2D eigenvalue weighted by molar-refractivity contribution is 0.251. The molecule has 1 heterocycles. The molecule has 0 atom stereocenters. The van der Waals surface area contributed by atoms with Gasteiger partial charge in [-0.05, 0) is 66.2 Å². The van der Waals surface area contributed by atoms with Crippen molar-refractivity contribution in [3.05, 3.63) is 119 Å². The number of anilines is 1. The van der Waals surface area contributed by atoms with Crippen LogP contribution in [0.25, 0.3) is 22.4 Å². The normalized spacial score (nSPS) is 10.7. The molecule has 5 rings (SSSR count). The SMILES string of the molecule is O=C(Nc1ccc(Oc2ccc(Br)cc2)cc1)n1cc(-c2ccccc2)c(-c2ccc(Cl)cc2)n1. The molecule has 0 spiro atoms. The van der Waals surface area contributed by atoms with Gasteiger partial charge in [0.25, 0.3) is 0 Å². The molecule has 0 radical (unpaired) electrons. The third-order valence-corrected chi connectivity index (χ3v) is 6.06. The Morgan fingerprint density at radius 3 is 2.09 bits per heavy atom. The number of rotatable bonds is 5. The minimum Gasteiger partial charge on any atom is -0.457 e. The average molecular weight is 545 g/mol. The lowest BCUT2D eigenvalue weighted by Crippen LogP contribution is -2.19. The van der Waals surface area contributed by atoms with Crippen LogP contribution in [-0.2, 0) is 0 Å². The average Bonchev–Trinajstić information content (AvgIpc) is 3.33. The molecule has 0 bridgehead atoms. The molecule has 35 heavy (non-hydrogen) atoms. The van der Waals surface area contributed by atoms with Crippen molar-refractivity contribution < 1.29 is 9.53 Å². The monoisotopic (exact) mass is 543 g/mol. The maximum absolute atomic E-state index is 13.0. The fourth-order valence-corrected chi connectivity index (χ4v) is 3.94. The van der Waals surface area contributed by atoms with Crippen LogP contribution >= 0.6 is 27.5 Å². The summed E-state index contributed by atoms with van der Waals surface area (Å²) in [5, 5.41) is 8.12. The highest BCUT2D eigenvalue weighted by Crippen LogP contribution is 2.32. The summed E-state index contributed by atoms with van der Waals surface area (Å²) in [4.78, 5) is 13.0. The number of carbonyl (C=O) groups excluding carboxylic acids is 1. The number of ether oxygens (including phenoxy) is 1. The fraction of sp³-hybridized carbons (Fsp3) is 0. The topological polar surface area (TPSA) is 56.1 Å². The number of nitrogens with one attached hydrogen (secondary N) is 1. The summed E-state index contributed by atoms with van der Waals surface area (Å²) < 4.78 is 8.14. The molecule has 0 aliphatic rings. The van der Waals surface area contributed by atoms with Crippen LogP contribution in [0.3, 0.4) is 0 Å². The van der Waals surface area contributed by atoms with Crippen molar-refractivity contribution in [2.75, 3.05) is 5.32 Å². The van der Waals surface area contributed by atoms with Gasteiger partial charge in [-0.3, -0.25) is 0 Å². The molecule has 0 saturated carbocycles. The van der Waals surface area contributed by atoms with Crippen molar-refractivity contribution in [2.24, 2.45) is 0 Å². The Hall–Kier alpha value is -3.87. The minimum absolute atomic E-state index is 0.371. The Kier molecular flexibility index (Phi) is 6.66. The van der Waals surface area contributed by atoms with Gasteiger partial charge in [0.05, 0.1) is 0 Å². The zero-order valence-corrected chi connectivity index (χ0v) is 20.7. The summed E-state index contributed by atoms with van der Waals surface area (Å²) in [6.07, 6.45) is 1.74. The summed E-state index contributed by atoms with van der Waals surface area (Å²) in [5.74, 6) is 1.39. The molecule has 172 valence electrons. The van der Waals surface area contributed by atoms with E-state index in [0.29, 0.717) is 22.2 Å². The summed E-state index contributed by atoms with van der Waals surface area (Å²) in [7, 11) is 0. The number of hydrogen-bond acceptors (Lipinski definition) is 3. The van der Waals surface area contributed by atoms with Gasteiger partial charge < -0.3 is 10.1 Å². The first kappa shape index (κ1) is 22.9. The molecule has 4 aromatic carbocycles. The maximum atomic E-state index is 13.0. The van der Waals surface area contributed by atoms with Gasteiger partial charge >= 0.3 is 6.03 Å². The zero-order valence-electron chi connectivity index (χ0n) is 18.4. The van der Waals surface area contributed by atoms with Gasteiger partial charge in [-0.1, -0.05) is 70.0 Å². The van der Waals surface area contributed by atoms with Crippen LogP contribution in [0.1, 0.15) is 0 Å². The molecule has 1 amide bonds. The molecule has 5 aromatic rings. The van der Waals surface area contributed by atoms with Crippen molar-refractivity contribution in [1.82, 2.24) is 9.78 Å². The number of nitrogens with zero attached hydrogens (tertiary/aromatic N) is 2. The third-order valence-electron chi connectivity index (χ3n) is 5.28. The highest BCUT2D eigenvalue weighted by atomic mass is 79.9. The molecule has 7 heteroatoms. The number of carbonyl (C=O) groups is 1. The second-order valence-electron chi connectivity index (χ2n) is 7.72. The first-order valence-electron chi connectivity index (χ1n) is 10.8. The van der Waals surface area contributed by atoms with Crippen molar-refractivity contribution in [1.29, 1.82) is 0 Å². The highest BCUT2D eigenvalue weighted by Gasteiger charge is 2.17. The van der Waals surface area contributed by atoms with Crippen LogP contribution in [-0.4, -0.2) is 15.8 Å². The van der Waals surface area contributed by atoms with Crippen molar-refractivity contribution in [3.63, 3.8) is 0 Å². The number of amides is 1. The maximum Gasteiger partial charge on any atom is 0.346 e.